The number of carbonyl (C=O) groups is 2. The van der Waals surface area contributed by atoms with E-state index in [0.717, 1.165) is 0 Å². The minimum Gasteiger partial charge on any atom is -0.506 e. The molecule has 10 rings (SSSR count). The number of hydrogen-bond donors (Lipinski definition) is 4. The van der Waals surface area contributed by atoms with Gasteiger partial charge in [-0.3, -0.25) is 9.59 Å². The molecule has 0 spiro atoms. The fourth-order valence-electron chi connectivity index (χ4n) is 8.67. The van der Waals surface area contributed by atoms with Gasteiger partial charge in [-0.1, -0.05) is 48.5 Å². The van der Waals surface area contributed by atoms with Crippen LogP contribution in [0.25, 0.3) is 21.8 Å². The second-order valence-electron chi connectivity index (χ2n) is 16.5. The van der Waals surface area contributed by atoms with Gasteiger partial charge < -0.3 is 62.7 Å². The molecule has 2 aromatic heterocycles. The van der Waals surface area contributed by atoms with Gasteiger partial charge in [-0.2, -0.15) is 0 Å². The van der Waals surface area contributed by atoms with Gasteiger partial charge >= 0.3 is 11.9 Å². The topological polar surface area (TPSA) is 224 Å². The van der Waals surface area contributed by atoms with Gasteiger partial charge in [-0.05, 0) is 73.5 Å². The molecule has 4 aliphatic heterocycles. The molecule has 19 heteroatoms. The molecule has 6 heterocycles. The lowest BCUT2D eigenvalue weighted by molar-refractivity contribution is 0.00205. The Kier molecular flexibility index (Phi) is 15.1. The zero-order chi connectivity index (χ0) is 48.9. The second kappa shape index (κ2) is 21.4. The van der Waals surface area contributed by atoms with Crippen LogP contribution in [-0.2, 0) is 41.5 Å². The Balaban J connectivity index is 0.000000159. The van der Waals surface area contributed by atoms with Gasteiger partial charge in [0.15, 0.2) is 17.2 Å². The first-order valence-electron chi connectivity index (χ1n) is 22.3. The van der Waals surface area contributed by atoms with Crippen LogP contribution in [0.5, 0.6) is 11.5 Å². The van der Waals surface area contributed by atoms with Crippen LogP contribution in [0.2, 0.25) is 0 Å². The second-order valence-corrected chi connectivity index (χ2v) is 16.5. The number of nitrogens with zero attached hydrogens (tertiary/aromatic N) is 2. The Labute approximate surface area is 392 Å². The third-order valence-corrected chi connectivity index (χ3v) is 12.0. The highest BCUT2D eigenvalue weighted by atomic mass is 19.1. The van der Waals surface area contributed by atoms with Crippen molar-refractivity contribution in [2.75, 3.05) is 39.6 Å². The normalized spacial score (nSPS) is 23.3. The summed E-state index contributed by atoms with van der Waals surface area (Å²) in [5.41, 5.74) is 0.530. The van der Waals surface area contributed by atoms with E-state index in [1.54, 1.807) is 86.6 Å². The largest absolute Gasteiger partial charge is 0.506 e. The number of carbonyl (C=O) groups excluding carboxylic acids is 2. The van der Waals surface area contributed by atoms with E-state index in [4.69, 9.17) is 43.4 Å². The summed E-state index contributed by atoms with van der Waals surface area (Å²) >= 11 is 0. The highest BCUT2D eigenvalue weighted by molar-refractivity contribution is 6.00. The lowest BCUT2D eigenvalue weighted by atomic mass is 10.1. The highest BCUT2D eigenvalue weighted by Crippen LogP contribution is 2.35. The summed E-state index contributed by atoms with van der Waals surface area (Å²) in [4.78, 5) is 51.6. The van der Waals surface area contributed by atoms with Crippen LogP contribution < -0.4 is 15.9 Å². The zero-order valence-corrected chi connectivity index (χ0v) is 37.4. The molecule has 17 nitrogen and oxygen atoms in total. The molecule has 0 aliphatic carbocycles. The van der Waals surface area contributed by atoms with Crippen LogP contribution in [0.4, 0.5) is 8.78 Å². The molecule has 4 saturated heterocycles. The number of aliphatic hydroxyl groups is 3. The van der Waals surface area contributed by atoms with Crippen molar-refractivity contribution >= 4 is 33.7 Å². The molecule has 0 amide bonds. The number of pyridine rings is 2. The molecule has 4 N–H and O–H groups in total. The lowest BCUT2D eigenvalue weighted by Crippen LogP contribution is -2.36. The first-order valence-corrected chi connectivity index (χ1v) is 22.3. The van der Waals surface area contributed by atoms with Crippen molar-refractivity contribution in [1.82, 2.24) is 9.13 Å². The molecule has 0 bridgehead atoms. The first-order chi connectivity index (χ1) is 33.3. The number of hydrogen-bond acceptors (Lipinski definition) is 15. The van der Waals surface area contributed by atoms with Crippen LogP contribution in [-0.4, -0.2) is 130 Å². The highest BCUT2D eigenvalue weighted by Gasteiger charge is 2.49. The molecule has 364 valence electrons. The number of aromatic nitrogens is 2. The zero-order valence-electron chi connectivity index (χ0n) is 37.4. The number of rotatable bonds is 10. The molecular formula is C50H50F2N2O15. The van der Waals surface area contributed by atoms with Gasteiger partial charge in [0.05, 0.1) is 63.8 Å². The Morgan fingerprint density at radius 3 is 1.49 bits per heavy atom. The predicted octanol–water partition coefficient (Wildman–Crippen LogP) is 3.85. The van der Waals surface area contributed by atoms with E-state index in [9.17, 15) is 38.2 Å². The number of fused-ring (bicyclic) bond motifs is 4. The first kappa shape index (κ1) is 48.9. The molecule has 4 aromatic carbocycles. The minimum atomic E-state index is -0.872. The predicted molar refractivity (Wildman–Crippen MR) is 242 cm³/mol. The summed E-state index contributed by atoms with van der Waals surface area (Å²) in [6.07, 6.45) is -4.13. The van der Waals surface area contributed by atoms with Gasteiger partial charge in [0, 0.05) is 10.8 Å². The Hall–Kier alpha value is -6.58. The van der Waals surface area contributed by atoms with E-state index < -0.39 is 71.0 Å². The number of aromatic hydroxyl groups is 1. The van der Waals surface area contributed by atoms with Gasteiger partial charge in [0.25, 0.3) is 11.1 Å². The van der Waals surface area contributed by atoms with E-state index in [2.05, 4.69) is 0 Å². The number of ether oxygens (including phenoxy) is 7. The number of aliphatic hydroxyl groups excluding tert-OH is 3. The summed E-state index contributed by atoms with van der Waals surface area (Å²) < 4.78 is 67.1. The van der Waals surface area contributed by atoms with Crippen molar-refractivity contribution in [3.8, 4) is 11.5 Å². The van der Waals surface area contributed by atoms with Crippen LogP contribution in [0.3, 0.4) is 0 Å². The number of halogens is 2. The van der Waals surface area contributed by atoms with E-state index >= 15 is 0 Å². The fourth-order valence-corrected chi connectivity index (χ4v) is 8.67. The molecular weight excluding hydrogens is 907 g/mol. The molecule has 4 aliphatic rings. The van der Waals surface area contributed by atoms with Gasteiger partial charge in [-0.15, -0.1) is 0 Å². The molecule has 8 atom stereocenters. The fraction of sp³-hybridized carbons (Fsp3) is 0.360. The van der Waals surface area contributed by atoms with Crippen molar-refractivity contribution in [3.63, 3.8) is 0 Å². The minimum absolute atomic E-state index is 0.0784. The van der Waals surface area contributed by atoms with Crippen molar-refractivity contribution in [2.24, 2.45) is 0 Å². The van der Waals surface area contributed by atoms with Gasteiger partial charge in [0.1, 0.15) is 65.9 Å². The van der Waals surface area contributed by atoms with Crippen LogP contribution in [0.15, 0.2) is 107 Å². The maximum Gasteiger partial charge on any atom is 0.347 e. The Bertz CT molecular complexity index is 2910. The summed E-state index contributed by atoms with van der Waals surface area (Å²) in [7, 11) is 0. The maximum atomic E-state index is 13.7. The third kappa shape index (κ3) is 10.3. The number of para-hydroxylation sites is 2. The molecule has 6 aromatic rings. The molecule has 1 unspecified atom stereocenters. The Morgan fingerprint density at radius 1 is 0.580 bits per heavy atom. The molecule has 0 saturated carbocycles. The van der Waals surface area contributed by atoms with Gasteiger partial charge in [0.2, 0.25) is 0 Å². The van der Waals surface area contributed by atoms with Crippen LogP contribution in [0.1, 0.15) is 45.7 Å². The lowest BCUT2D eigenvalue weighted by Gasteiger charge is -2.22. The molecule has 69 heavy (non-hydrogen) atoms. The van der Waals surface area contributed by atoms with Crippen LogP contribution >= 0.6 is 0 Å². The Morgan fingerprint density at radius 2 is 0.986 bits per heavy atom. The van der Waals surface area contributed by atoms with E-state index in [1.807, 2.05) is 0 Å². The van der Waals surface area contributed by atoms with E-state index in [-0.39, 0.29) is 87.9 Å². The summed E-state index contributed by atoms with van der Waals surface area (Å²) in [5.74, 6) is -2.73. The quantitative estimate of drug-likeness (QED) is 0.143. The van der Waals surface area contributed by atoms with Crippen molar-refractivity contribution in [1.29, 1.82) is 0 Å². The van der Waals surface area contributed by atoms with Crippen molar-refractivity contribution < 1.29 is 72.0 Å². The van der Waals surface area contributed by atoms with Crippen molar-refractivity contribution in [2.45, 2.75) is 75.8 Å². The smallest absolute Gasteiger partial charge is 0.347 e. The average Bonchev–Trinajstić information content (AvgIpc) is 4.13. The van der Waals surface area contributed by atoms with Crippen molar-refractivity contribution in [3.05, 3.63) is 152 Å². The molecule has 4 fully saturated rings. The average molecular weight is 957 g/mol. The summed E-state index contributed by atoms with van der Waals surface area (Å²) in [6, 6.07) is 25.3. The van der Waals surface area contributed by atoms with E-state index in [1.165, 1.54) is 33.4 Å². The maximum absolute atomic E-state index is 13.7. The summed E-state index contributed by atoms with van der Waals surface area (Å²) in [6.45, 7) is 4.52. The molecule has 0 radical (unpaired) electrons. The van der Waals surface area contributed by atoms with E-state index in [0.29, 0.717) is 32.9 Å². The SMILES string of the molecule is CCOC(=O)c1c(O)c2ccccc2n(Cc2ccc(F)cc2)c1=O.CCOC(=O)c1c(OC2CO[C@H]3[C@@H]2OC[C@@H]3O)c2ccccc2n(Cc2ccc(F)cc2)c1=O.O[C@@H]1CO[C@H]2[C@@H]1OC[C@@H]2O. The summed E-state index contributed by atoms with van der Waals surface area (Å²) in [5, 5.41) is 39.7. The number of esters is 2. The van der Waals surface area contributed by atoms with Gasteiger partial charge in [-0.25, -0.2) is 18.4 Å². The standard InChI is InChI=1S/C25H24FNO7.C19H16FNO4.C6H10O4/c1-2-31-25(30)20-21(34-19-13-33-22-18(28)12-32-23(19)22)16-5-3-4-6-17(16)27(24(20)29)11-14-7-9-15(26)10-8-14;1-2-25-19(24)16-17(22)14-5-3-4-6-15(14)21(18(16)23)11-12-7-9-13(20)10-8-12;7-3-1-9-6-4(8)2-10-5(3)6/h3-10,18-19,22-23,28H,2,11-13H2,1H3;3-10,22H,2,11H2,1H3;3-8H,1-2H2/t18-,19?,22+,23+;;3-,4+,5-,6-/m0.1/s1. The van der Waals surface area contributed by atoms with Crippen LogP contribution in [0, 0.1) is 11.6 Å². The third-order valence-electron chi connectivity index (χ3n) is 12.0. The number of benzene rings is 4. The monoisotopic (exact) mass is 956 g/mol.